The third-order valence-corrected chi connectivity index (χ3v) is 11.3. The van der Waals surface area contributed by atoms with E-state index in [1.807, 2.05) is 92.8 Å². The second-order valence-electron chi connectivity index (χ2n) is 14.8. The summed E-state index contributed by atoms with van der Waals surface area (Å²) in [5.74, 6) is 2.32. The molecule has 1 saturated heterocycles. The highest BCUT2D eigenvalue weighted by Crippen LogP contribution is 2.55. The predicted octanol–water partition coefficient (Wildman–Crippen LogP) is 6.87. The van der Waals surface area contributed by atoms with E-state index in [4.69, 9.17) is 9.47 Å². The van der Waals surface area contributed by atoms with E-state index in [0.29, 0.717) is 13.0 Å². The zero-order valence-electron chi connectivity index (χ0n) is 27.6. The fourth-order valence-electron chi connectivity index (χ4n) is 9.08. The highest BCUT2D eigenvalue weighted by Gasteiger charge is 2.51. The molecule has 5 atom stereocenters. The van der Waals surface area contributed by atoms with Gasteiger partial charge in [0, 0.05) is 35.8 Å². The van der Waals surface area contributed by atoms with Crippen LogP contribution in [0.2, 0.25) is 0 Å². The van der Waals surface area contributed by atoms with Crippen LogP contribution in [0.25, 0.3) is 0 Å². The lowest BCUT2D eigenvalue weighted by Gasteiger charge is -2.56. The normalized spacial score (nSPS) is 31.0. The molecule has 2 amide bonds. The minimum atomic E-state index is -0.626. The van der Waals surface area contributed by atoms with Crippen LogP contribution in [0.15, 0.2) is 78.9 Å². The molecule has 0 radical (unpaired) electrons. The summed E-state index contributed by atoms with van der Waals surface area (Å²) in [4.78, 5) is 15.3. The average molecular weight is 640 g/mol. The molecule has 1 aliphatic heterocycles. The molecule has 5 fully saturated rings. The molecule has 3 aromatic carbocycles. The number of nitrogens with zero attached hydrogens (tertiary/aromatic N) is 1. The fraction of sp³-hybridized carbons (Fsp3) is 0.513. The Morgan fingerprint density at radius 3 is 2.11 bits per heavy atom. The Morgan fingerprint density at radius 2 is 1.49 bits per heavy atom. The zero-order valence-corrected chi connectivity index (χ0v) is 27.6. The quantitative estimate of drug-likeness (QED) is 0.193. The fourth-order valence-corrected chi connectivity index (χ4v) is 9.08. The first-order valence-corrected chi connectivity index (χ1v) is 17.4. The number of amides is 2. The molecule has 8 heteroatoms. The Labute approximate surface area is 278 Å². The number of urea groups is 1. The van der Waals surface area contributed by atoms with Gasteiger partial charge in [-0.25, -0.2) is 4.79 Å². The lowest BCUT2D eigenvalue weighted by Crippen LogP contribution is -2.60. The van der Waals surface area contributed by atoms with Gasteiger partial charge in [0.05, 0.1) is 24.9 Å². The number of aliphatic hydroxyl groups is 2. The molecule has 250 valence electrons. The van der Waals surface area contributed by atoms with Crippen molar-refractivity contribution in [1.82, 2.24) is 10.2 Å². The monoisotopic (exact) mass is 639 g/mol. The maximum Gasteiger partial charge on any atom is 0.319 e. The molecule has 0 unspecified atom stereocenters. The van der Waals surface area contributed by atoms with Gasteiger partial charge in [0.15, 0.2) is 6.29 Å². The number of nitrogens with one attached hydrogen (secondary N) is 2. The van der Waals surface area contributed by atoms with Crippen molar-refractivity contribution < 1.29 is 24.5 Å². The summed E-state index contributed by atoms with van der Waals surface area (Å²) in [5, 5.41) is 27.1. The second kappa shape index (κ2) is 13.7. The summed E-state index contributed by atoms with van der Waals surface area (Å²) < 4.78 is 13.1. The summed E-state index contributed by atoms with van der Waals surface area (Å²) in [7, 11) is 2.02. The van der Waals surface area contributed by atoms with Crippen molar-refractivity contribution in [3.05, 3.63) is 101 Å². The van der Waals surface area contributed by atoms with Gasteiger partial charge >= 0.3 is 6.03 Å². The molecule has 0 aromatic heterocycles. The number of likely N-dealkylation sites (N-methyl/N-ethyl adjacent to an activating group) is 1. The van der Waals surface area contributed by atoms with Gasteiger partial charge in [0.1, 0.15) is 0 Å². The number of aliphatic hydroxyl groups excluding tert-OH is 2. The summed E-state index contributed by atoms with van der Waals surface area (Å²) in [6.45, 7) is 2.64. The van der Waals surface area contributed by atoms with Crippen LogP contribution in [0, 0.1) is 17.8 Å². The SMILES string of the molecule is C[C@H]([C@@H](O)c1ccccc1)N(C)C[C@@H]1C[C@H](c2ccc(CO)cc2)O[C@H](c2ccc(NC(=O)NC34CC5CC(CC(C5)C3)C4)cc2)O1. The number of rotatable bonds is 10. The van der Waals surface area contributed by atoms with Crippen molar-refractivity contribution in [1.29, 1.82) is 0 Å². The number of carbonyl (C=O) groups excluding carboxylic acids is 1. The van der Waals surface area contributed by atoms with Gasteiger partial charge in [0.2, 0.25) is 0 Å². The Hall–Kier alpha value is -3.27. The topological polar surface area (TPSA) is 103 Å². The average Bonchev–Trinajstić information content (AvgIpc) is 3.07. The first-order valence-electron chi connectivity index (χ1n) is 17.4. The van der Waals surface area contributed by atoms with Crippen LogP contribution < -0.4 is 10.6 Å². The molecule has 4 saturated carbocycles. The van der Waals surface area contributed by atoms with E-state index >= 15 is 0 Å². The summed E-state index contributed by atoms with van der Waals surface area (Å²) in [5.41, 5.74) is 4.35. The first kappa shape index (κ1) is 32.3. The van der Waals surface area contributed by atoms with Crippen molar-refractivity contribution in [3.63, 3.8) is 0 Å². The second-order valence-corrected chi connectivity index (χ2v) is 14.8. The van der Waals surface area contributed by atoms with E-state index in [2.05, 4.69) is 15.5 Å². The Bertz CT molecular complexity index is 1460. The first-order chi connectivity index (χ1) is 22.8. The van der Waals surface area contributed by atoms with E-state index < -0.39 is 12.4 Å². The van der Waals surface area contributed by atoms with Crippen LogP contribution in [0.3, 0.4) is 0 Å². The molecule has 47 heavy (non-hydrogen) atoms. The van der Waals surface area contributed by atoms with Gasteiger partial charge in [-0.05, 0) is 99.1 Å². The highest BCUT2D eigenvalue weighted by molar-refractivity contribution is 5.89. The number of ether oxygens (including phenoxy) is 2. The lowest BCUT2D eigenvalue weighted by atomic mass is 9.53. The van der Waals surface area contributed by atoms with Gasteiger partial charge < -0.3 is 30.3 Å². The molecule has 4 N–H and O–H groups in total. The number of benzene rings is 3. The standard InChI is InChI=1S/C39H49N3O5/c1-25(36(44)31-6-4-3-5-7-31)42(2)23-34-19-35(30-10-8-26(24-43)9-11-30)47-37(46-34)32-12-14-33(15-13-32)40-38(45)41-39-20-27-16-28(21-39)18-29(17-27)22-39/h3-15,25,27-29,34-37,43-44H,16-24H2,1-2H3,(H2,40,41,45)/t25-,27?,28?,29?,34+,35-,36-,37-,39?/m1/s1. The molecule has 3 aromatic rings. The minimum Gasteiger partial charge on any atom is -0.392 e. The molecule has 8 rings (SSSR count). The van der Waals surface area contributed by atoms with Gasteiger partial charge in [-0.15, -0.1) is 0 Å². The molecule has 5 aliphatic rings. The van der Waals surface area contributed by atoms with Crippen molar-refractivity contribution in [2.24, 2.45) is 17.8 Å². The van der Waals surface area contributed by atoms with E-state index in [-0.39, 0.29) is 36.4 Å². The Morgan fingerprint density at radius 1 is 0.872 bits per heavy atom. The van der Waals surface area contributed by atoms with Crippen LogP contribution in [0.4, 0.5) is 10.5 Å². The van der Waals surface area contributed by atoms with Gasteiger partial charge in [-0.3, -0.25) is 4.90 Å². The highest BCUT2D eigenvalue weighted by atomic mass is 16.7. The molecule has 4 bridgehead atoms. The largest absolute Gasteiger partial charge is 0.392 e. The molecule has 1 heterocycles. The summed E-state index contributed by atoms with van der Waals surface area (Å²) >= 11 is 0. The van der Waals surface area contributed by atoms with Crippen molar-refractivity contribution >= 4 is 11.7 Å². The van der Waals surface area contributed by atoms with Gasteiger partial charge in [0.25, 0.3) is 0 Å². The number of carbonyl (C=O) groups is 1. The summed E-state index contributed by atoms with van der Waals surface area (Å²) in [6.07, 6.45) is 6.44. The number of hydrogen-bond donors (Lipinski definition) is 4. The summed E-state index contributed by atoms with van der Waals surface area (Å²) in [6, 6.07) is 25.1. The maximum absolute atomic E-state index is 13.2. The van der Waals surface area contributed by atoms with Crippen molar-refractivity contribution in [2.75, 3.05) is 18.9 Å². The van der Waals surface area contributed by atoms with Crippen molar-refractivity contribution in [3.8, 4) is 0 Å². The third kappa shape index (κ3) is 7.27. The lowest BCUT2D eigenvalue weighted by molar-refractivity contribution is -0.253. The van der Waals surface area contributed by atoms with Gasteiger partial charge in [-0.2, -0.15) is 0 Å². The van der Waals surface area contributed by atoms with E-state index in [0.717, 1.165) is 65.0 Å². The Balaban J connectivity index is 1.02. The van der Waals surface area contributed by atoms with Crippen LogP contribution in [-0.2, 0) is 16.1 Å². The smallest absolute Gasteiger partial charge is 0.319 e. The zero-order chi connectivity index (χ0) is 32.5. The van der Waals surface area contributed by atoms with E-state index in [9.17, 15) is 15.0 Å². The number of anilines is 1. The van der Waals surface area contributed by atoms with Crippen molar-refractivity contribution in [2.45, 2.75) is 94.7 Å². The van der Waals surface area contributed by atoms with Crippen LogP contribution in [0.5, 0.6) is 0 Å². The molecule has 8 nitrogen and oxygen atoms in total. The van der Waals surface area contributed by atoms with Crippen LogP contribution >= 0.6 is 0 Å². The molecule has 0 spiro atoms. The van der Waals surface area contributed by atoms with Crippen LogP contribution in [0.1, 0.15) is 92.6 Å². The Kier molecular flexibility index (Phi) is 9.40. The van der Waals surface area contributed by atoms with E-state index in [1.165, 1.54) is 19.3 Å². The predicted molar refractivity (Wildman–Crippen MR) is 181 cm³/mol. The third-order valence-electron chi connectivity index (χ3n) is 11.3. The van der Waals surface area contributed by atoms with Crippen LogP contribution in [-0.4, -0.2) is 52.4 Å². The maximum atomic E-state index is 13.2. The number of hydrogen-bond acceptors (Lipinski definition) is 6. The molecule has 4 aliphatic carbocycles. The molecular formula is C39H49N3O5. The van der Waals surface area contributed by atoms with E-state index in [1.54, 1.807) is 0 Å². The molecular weight excluding hydrogens is 590 g/mol. The minimum absolute atomic E-state index is 0.00641. The van der Waals surface area contributed by atoms with Gasteiger partial charge in [-0.1, -0.05) is 66.7 Å².